The van der Waals surface area contributed by atoms with Crippen LogP contribution in [0.1, 0.15) is 24.4 Å². The first-order chi connectivity index (χ1) is 14.0. The van der Waals surface area contributed by atoms with Gasteiger partial charge < -0.3 is 4.74 Å². The molecule has 1 saturated heterocycles. The van der Waals surface area contributed by atoms with Crippen LogP contribution in [0.25, 0.3) is 11.4 Å². The standard InChI is InChI=1S/C18H19FN6O3S/c19-16-4-3-14(10-15(16)18-21-24-25-22-18)29(26,27)23-17(12-5-8-28-9-6-12)13-2-1-7-20-11-13/h1-4,7,10-12,17,23H,5-6,8-9H2,(H,21,22,24,25). The summed E-state index contributed by atoms with van der Waals surface area (Å²) in [6.07, 6.45) is 4.73. The average Bonchev–Trinajstić information content (AvgIpc) is 3.28. The van der Waals surface area contributed by atoms with Crippen LogP contribution < -0.4 is 4.72 Å². The third kappa shape index (κ3) is 4.31. The summed E-state index contributed by atoms with van der Waals surface area (Å²) in [5.74, 6) is -0.605. The minimum Gasteiger partial charge on any atom is -0.381 e. The summed E-state index contributed by atoms with van der Waals surface area (Å²) in [5, 5.41) is 13.1. The highest BCUT2D eigenvalue weighted by Gasteiger charge is 2.30. The fraction of sp³-hybridized carbons (Fsp3) is 0.333. The number of rotatable bonds is 6. The molecule has 1 aliphatic heterocycles. The smallest absolute Gasteiger partial charge is 0.241 e. The molecule has 11 heteroatoms. The number of ether oxygens (including phenoxy) is 1. The van der Waals surface area contributed by atoms with Gasteiger partial charge in [-0.3, -0.25) is 4.98 Å². The predicted molar refractivity (Wildman–Crippen MR) is 100 cm³/mol. The Kier molecular flexibility index (Phi) is 5.60. The van der Waals surface area contributed by atoms with E-state index in [0.717, 1.165) is 24.5 Å². The van der Waals surface area contributed by atoms with Gasteiger partial charge in [0.2, 0.25) is 15.8 Å². The van der Waals surface area contributed by atoms with Crippen LogP contribution >= 0.6 is 0 Å². The molecule has 3 aromatic rings. The Labute approximate surface area is 166 Å². The molecule has 4 rings (SSSR count). The summed E-state index contributed by atoms with van der Waals surface area (Å²) in [4.78, 5) is 4.04. The number of sulfonamides is 1. The highest BCUT2D eigenvalue weighted by atomic mass is 32.2. The Balaban J connectivity index is 1.67. The number of nitrogens with zero attached hydrogens (tertiary/aromatic N) is 4. The van der Waals surface area contributed by atoms with E-state index in [9.17, 15) is 12.8 Å². The zero-order chi connectivity index (χ0) is 20.3. The summed E-state index contributed by atoms with van der Waals surface area (Å²) in [6.45, 7) is 1.14. The maximum absolute atomic E-state index is 14.2. The summed E-state index contributed by atoms with van der Waals surface area (Å²) >= 11 is 0. The molecule has 1 aliphatic rings. The highest BCUT2D eigenvalue weighted by molar-refractivity contribution is 7.89. The van der Waals surface area contributed by atoms with Crippen molar-refractivity contribution in [2.75, 3.05) is 13.2 Å². The van der Waals surface area contributed by atoms with Crippen LogP contribution in [0.2, 0.25) is 0 Å². The van der Waals surface area contributed by atoms with Gasteiger partial charge in [0.25, 0.3) is 0 Å². The predicted octanol–water partition coefficient (Wildman–Crippen LogP) is 1.85. The second kappa shape index (κ2) is 8.31. The molecular weight excluding hydrogens is 399 g/mol. The van der Waals surface area contributed by atoms with Crippen molar-refractivity contribution in [3.63, 3.8) is 0 Å². The van der Waals surface area contributed by atoms with Crippen molar-refractivity contribution >= 4 is 10.0 Å². The van der Waals surface area contributed by atoms with Gasteiger partial charge in [0.1, 0.15) is 5.82 Å². The van der Waals surface area contributed by atoms with Crippen LogP contribution in [-0.2, 0) is 14.8 Å². The van der Waals surface area contributed by atoms with Crippen molar-refractivity contribution in [1.29, 1.82) is 0 Å². The van der Waals surface area contributed by atoms with Gasteiger partial charge in [0.15, 0.2) is 0 Å². The molecule has 2 N–H and O–H groups in total. The number of hydrogen-bond donors (Lipinski definition) is 2. The number of aromatic amines is 1. The lowest BCUT2D eigenvalue weighted by Gasteiger charge is -2.31. The first kappa shape index (κ1) is 19.6. The molecule has 3 heterocycles. The SMILES string of the molecule is O=S(=O)(NC(c1cccnc1)C1CCOCC1)c1ccc(F)c(-c2nn[nH]n2)c1. The Bertz CT molecular complexity index is 1060. The van der Waals surface area contributed by atoms with Crippen LogP contribution in [0.5, 0.6) is 0 Å². The molecule has 29 heavy (non-hydrogen) atoms. The number of benzene rings is 1. The minimum atomic E-state index is -3.96. The van der Waals surface area contributed by atoms with E-state index < -0.39 is 21.9 Å². The number of H-pyrrole nitrogens is 1. The van der Waals surface area contributed by atoms with Gasteiger partial charge in [0.05, 0.1) is 16.5 Å². The lowest BCUT2D eigenvalue weighted by atomic mass is 9.88. The molecule has 0 radical (unpaired) electrons. The number of tetrazole rings is 1. The maximum atomic E-state index is 14.2. The van der Waals surface area contributed by atoms with Gasteiger partial charge in [-0.25, -0.2) is 17.5 Å². The monoisotopic (exact) mass is 418 g/mol. The van der Waals surface area contributed by atoms with Crippen LogP contribution in [0.15, 0.2) is 47.6 Å². The normalized spacial score (nSPS) is 16.6. The average molecular weight is 418 g/mol. The van der Waals surface area contributed by atoms with Crippen molar-refractivity contribution < 1.29 is 17.5 Å². The summed E-state index contributed by atoms with van der Waals surface area (Å²) in [6, 6.07) is 6.62. The lowest BCUT2D eigenvalue weighted by molar-refractivity contribution is 0.0564. The number of nitrogens with one attached hydrogen (secondary N) is 2. The molecular formula is C18H19FN6O3S. The maximum Gasteiger partial charge on any atom is 0.241 e. The van der Waals surface area contributed by atoms with E-state index >= 15 is 0 Å². The van der Waals surface area contributed by atoms with Crippen LogP contribution in [-0.4, -0.2) is 47.2 Å². The Morgan fingerprint density at radius 2 is 2.07 bits per heavy atom. The molecule has 0 saturated carbocycles. The summed E-state index contributed by atoms with van der Waals surface area (Å²) in [5.41, 5.74) is 0.717. The Morgan fingerprint density at radius 3 is 2.76 bits per heavy atom. The number of halogens is 1. The fourth-order valence-electron chi connectivity index (χ4n) is 3.40. The first-order valence-electron chi connectivity index (χ1n) is 9.08. The van der Waals surface area contributed by atoms with Gasteiger partial charge in [-0.05, 0) is 53.8 Å². The second-order valence-electron chi connectivity index (χ2n) is 6.71. The molecule has 1 fully saturated rings. The first-order valence-corrected chi connectivity index (χ1v) is 10.6. The number of hydrogen-bond acceptors (Lipinski definition) is 7. The van der Waals surface area contributed by atoms with Gasteiger partial charge >= 0.3 is 0 Å². The molecule has 1 atom stereocenters. The van der Waals surface area contributed by atoms with Gasteiger partial charge in [-0.15, -0.1) is 10.2 Å². The highest BCUT2D eigenvalue weighted by Crippen LogP contribution is 2.32. The van der Waals surface area contributed by atoms with Gasteiger partial charge in [-0.2, -0.15) is 5.21 Å². The van der Waals surface area contributed by atoms with Crippen molar-refractivity contribution in [3.8, 4) is 11.4 Å². The van der Waals surface area contributed by atoms with E-state index in [2.05, 4.69) is 30.3 Å². The molecule has 0 bridgehead atoms. The van der Waals surface area contributed by atoms with Crippen LogP contribution in [0.3, 0.4) is 0 Å². The molecule has 0 spiro atoms. The number of pyridine rings is 1. The topological polar surface area (TPSA) is 123 Å². The van der Waals surface area contributed by atoms with Crippen molar-refractivity contribution in [1.82, 2.24) is 30.3 Å². The third-order valence-corrected chi connectivity index (χ3v) is 6.34. The summed E-state index contributed by atoms with van der Waals surface area (Å²) in [7, 11) is -3.96. The molecule has 9 nitrogen and oxygen atoms in total. The van der Waals surface area contributed by atoms with E-state index in [-0.39, 0.29) is 22.2 Å². The second-order valence-corrected chi connectivity index (χ2v) is 8.43. The van der Waals surface area contributed by atoms with E-state index in [1.807, 2.05) is 6.07 Å². The lowest BCUT2D eigenvalue weighted by Crippen LogP contribution is -2.36. The largest absolute Gasteiger partial charge is 0.381 e. The van der Waals surface area contributed by atoms with Crippen molar-refractivity contribution in [2.45, 2.75) is 23.8 Å². The molecule has 152 valence electrons. The molecule has 0 amide bonds. The molecule has 2 aromatic heterocycles. The minimum absolute atomic E-state index is 0.0206. The van der Waals surface area contributed by atoms with Gasteiger partial charge in [-0.1, -0.05) is 6.07 Å². The Hall–Kier alpha value is -2.76. The fourth-order valence-corrected chi connectivity index (χ4v) is 4.72. The summed E-state index contributed by atoms with van der Waals surface area (Å²) < 4.78 is 48.7. The quantitative estimate of drug-likeness (QED) is 0.626. The zero-order valence-electron chi connectivity index (χ0n) is 15.3. The van der Waals surface area contributed by atoms with Crippen LogP contribution in [0.4, 0.5) is 4.39 Å². The van der Waals surface area contributed by atoms with E-state index in [1.165, 1.54) is 12.1 Å². The van der Waals surface area contributed by atoms with Crippen molar-refractivity contribution in [2.24, 2.45) is 5.92 Å². The number of aromatic nitrogens is 5. The molecule has 0 aliphatic carbocycles. The molecule has 1 aromatic carbocycles. The van der Waals surface area contributed by atoms with E-state index in [4.69, 9.17) is 4.74 Å². The Morgan fingerprint density at radius 1 is 1.24 bits per heavy atom. The third-order valence-electron chi connectivity index (χ3n) is 4.90. The van der Waals surface area contributed by atoms with E-state index in [0.29, 0.717) is 13.2 Å². The van der Waals surface area contributed by atoms with Gasteiger partial charge in [0, 0.05) is 25.6 Å². The van der Waals surface area contributed by atoms with Crippen molar-refractivity contribution in [3.05, 3.63) is 54.1 Å². The zero-order valence-corrected chi connectivity index (χ0v) is 16.1. The van der Waals surface area contributed by atoms with E-state index in [1.54, 1.807) is 18.5 Å². The van der Waals surface area contributed by atoms with Crippen LogP contribution in [0, 0.1) is 11.7 Å². The molecule has 1 unspecified atom stereocenters.